The fraction of sp³-hybridized carbons (Fsp3) is 0.400. The second-order valence-electron chi connectivity index (χ2n) is 5.04. The number of sulfonamides is 1. The molecule has 0 aliphatic heterocycles. The SMILES string of the molecule is CCNC(=NCc1ccc(CC)s1)NCc1ccc(S(N)(=O)=O)s1. The van der Waals surface area contributed by atoms with Crippen LogP contribution in [0.2, 0.25) is 0 Å². The van der Waals surface area contributed by atoms with Gasteiger partial charge >= 0.3 is 0 Å². The van der Waals surface area contributed by atoms with Gasteiger partial charge in [0.1, 0.15) is 4.21 Å². The first-order chi connectivity index (χ1) is 11.4. The number of nitrogens with zero attached hydrogens (tertiary/aromatic N) is 1. The third-order valence-electron chi connectivity index (χ3n) is 3.15. The van der Waals surface area contributed by atoms with Crippen LogP contribution in [0.3, 0.4) is 0 Å². The summed E-state index contributed by atoms with van der Waals surface area (Å²) in [6.07, 6.45) is 1.04. The van der Waals surface area contributed by atoms with Crippen LogP contribution < -0.4 is 15.8 Å². The van der Waals surface area contributed by atoms with Gasteiger partial charge < -0.3 is 10.6 Å². The summed E-state index contributed by atoms with van der Waals surface area (Å²) >= 11 is 2.94. The highest BCUT2D eigenvalue weighted by atomic mass is 32.2. The van der Waals surface area contributed by atoms with E-state index in [0.717, 1.165) is 29.2 Å². The maximum Gasteiger partial charge on any atom is 0.247 e. The Morgan fingerprint density at radius 3 is 2.38 bits per heavy atom. The average Bonchev–Trinajstić information content (AvgIpc) is 3.18. The summed E-state index contributed by atoms with van der Waals surface area (Å²) in [7, 11) is -3.63. The van der Waals surface area contributed by atoms with Crippen molar-refractivity contribution in [2.45, 2.75) is 37.6 Å². The smallest absolute Gasteiger partial charge is 0.247 e. The predicted molar refractivity (Wildman–Crippen MR) is 101 cm³/mol. The van der Waals surface area contributed by atoms with Gasteiger partial charge in [-0.2, -0.15) is 0 Å². The van der Waals surface area contributed by atoms with Crippen molar-refractivity contribution >= 4 is 38.7 Å². The van der Waals surface area contributed by atoms with Gasteiger partial charge in [-0.15, -0.1) is 22.7 Å². The Labute approximate surface area is 150 Å². The standard InChI is InChI=1S/C15H22N4O2S3/c1-3-11-5-6-12(22-11)9-18-15(17-4-2)19-10-13-7-8-14(23-13)24(16,20)21/h5-8H,3-4,9-10H2,1-2H3,(H2,16,20,21)(H2,17,18,19). The molecule has 2 rings (SSSR count). The molecule has 132 valence electrons. The summed E-state index contributed by atoms with van der Waals surface area (Å²) < 4.78 is 22.8. The largest absolute Gasteiger partial charge is 0.357 e. The van der Waals surface area contributed by atoms with Gasteiger partial charge in [0, 0.05) is 21.2 Å². The van der Waals surface area contributed by atoms with Crippen LogP contribution in [0.5, 0.6) is 0 Å². The molecule has 2 aromatic rings. The molecule has 0 bridgehead atoms. The second-order valence-corrected chi connectivity index (χ2v) is 9.25. The zero-order valence-corrected chi connectivity index (χ0v) is 16.2. The molecular weight excluding hydrogens is 364 g/mol. The van der Waals surface area contributed by atoms with Crippen molar-refractivity contribution in [1.82, 2.24) is 10.6 Å². The van der Waals surface area contributed by atoms with Gasteiger partial charge in [0.25, 0.3) is 0 Å². The fourth-order valence-corrected chi connectivity index (χ4v) is 4.57. The van der Waals surface area contributed by atoms with Crippen LogP contribution in [0.4, 0.5) is 0 Å². The van der Waals surface area contributed by atoms with Gasteiger partial charge in [-0.25, -0.2) is 18.5 Å². The Balaban J connectivity index is 1.97. The Morgan fingerprint density at radius 1 is 1.08 bits per heavy atom. The quantitative estimate of drug-likeness (QED) is 0.502. The van der Waals surface area contributed by atoms with E-state index in [1.165, 1.54) is 15.8 Å². The zero-order valence-electron chi connectivity index (χ0n) is 13.7. The van der Waals surface area contributed by atoms with Crippen LogP contribution in [0.25, 0.3) is 0 Å². The van der Waals surface area contributed by atoms with Crippen molar-refractivity contribution in [1.29, 1.82) is 0 Å². The van der Waals surface area contributed by atoms with Gasteiger partial charge in [0.15, 0.2) is 5.96 Å². The maximum absolute atomic E-state index is 11.3. The lowest BCUT2D eigenvalue weighted by Crippen LogP contribution is -2.36. The molecule has 9 heteroatoms. The summed E-state index contributed by atoms with van der Waals surface area (Å²) in [6, 6.07) is 7.53. The summed E-state index contributed by atoms with van der Waals surface area (Å²) in [5.74, 6) is 0.703. The fourth-order valence-electron chi connectivity index (χ4n) is 1.97. The molecule has 6 nitrogen and oxygen atoms in total. The van der Waals surface area contributed by atoms with E-state index in [2.05, 4.69) is 34.7 Å². The van der Waals surface area contributed by atoms with E-state index in [-0.39, 0.29) is 4.21 Å². The van der Waals surface area contributed by atoms with Crippen molar-refractivity contribution in [3.63, 3.8) is 0 Å². The van der Waals surface area contributed by atoms with Gasteiger partial charge in [-0.3, -0.25) is 0 Å². The molecule has 0 radical (unpaired) electrons. The minimum absolute atomic E-state index is 0.173. The van der Waals surface area contributed by atoms with Crippen molar-refractivity contribution in [3.05, 3.63) is 38.9 Å². The van der Waals surface area contributed by atoms with Crippen LogP contribution in [-0.4, -0.2) is 20.9 Å². The van der Waals surface area contributed by atoms with E-state index in [0.29, 0.717) is 19.0 Å². The second kappa shape index (κ2) is 8.61. The lowest BCUT2D eigenvalue weighted by Gasteiger charge is -2.10. The number of hydrogen-bond acceptors (Lipinski definition) is 5. The number of nitrogens with one attached hydrogen (secondary N) is 2. The van der Waals surface area contributed by atoms with E-state index in [4.69, 9.17) is 5.14 Å². The van der Waals surface area contributed by atoms with E-state index >= 15 is 0 Å². The van der Waals surface area contributed by atoms with Crippen LogP contribution in [0, 0.1) is 0 Å². The molecule has 0 aliphatic rings. The Morgan fingerprint density at radius 2 is 1.79 bits per heavy atom. The lowest BCUT2D eigenvalue weighted by molar-refractivity contribution is 0.600. The molecule has 2 aromatic heterocycles. The van der Waals surface area contributed by atoms with Gasteiger partial charge in [0.2, 0.25) is 10.0 Å². The molecule has 2 heterocycles. The Hall–Kier alpha value is -1.42. The number of primary sulfonamides is 1. The molecule has 0 saturated carbocycles. The van der Waals surface area contributed by atoms with Crippen LogP contribution >= 0.6 is 22.7 Å². The summed E-state index contributed by atoms with van der Waals surface area (Å²) in [4.78, 5) is 8.02. The monoisotopic (exact) mass is 386 g/mol. The topological polar surface area (TPSA) is 96.6 Å². The van der Waals surface area contributed by atoms with Crippen LogP contribution in [0.15, 0.2) is 33.5 Å². The molecule has 24 heavy (non-hydrogen) atoms. The molecule has 0 amide bonds. The van der Waals surface area contributed by atoms with Crippen molar-refractivity contribution < 1.29 is 8.42 Å². The number of aryl methyl sites for hydroxylation is 1. The van der Waals surface area contributed by atoms with Crippen molar-refractivity contribution in [3.8, 4) is 0 Å². The molecule has 0 unspecified atom stereocenters. The summed E-state index contributed by atoms with van der Waals surface area (Å²) in [6.45, 7) is 6.01. The number of thiophene rings is 2. The zero-order chi connectivity index (χ0) is 17.6. The number of rotatable bonds is 7. The Bertz CT molecular complexity index is 793. The normalized spacial score (nSPS) is 12.4. The van der Waals surface area contributed by atoms with E-state index < -0.39 is 10.0 Å². The predicted octanol–water partition coefficient (Wildman–Crippen LogP) is 2.27. The first kappa shape index (κ1) is 18.9. The molecule has 0 fully saturated rings. The third-order valence-corrected chi connectivity index (χ3v) is 6.89. The minimum Gasteiger partial charge on any atom is -0.357 e. The van der Waals surface area contributed by atoms with Crippen LogP contribution in [-0.2, 0) is 29.5 Å². The van der Waals surface area contributed by atoms with Gasteiger partial charge in [-0.05, 0) is 37.6 Å². The number of hydrogen-bond donors (Lipinski definition) is 3. The lowest BCUT2D eigenvalue weighted by atomic mass is 10.4. The highest BCUT2D eigenvalue weighted by Crippen LogP contribution is 2.20. The molecule has 0 spiro atoms. The minimum atomic E-state index is -3.63. The first-order valence-electron chi connectivity index (χ1n) is 7.63. The van der Waals surface area contributed by atoms with Gasteiger partial charge in [0.05, 0.1) is 13.1 Å². The van der Waals surface area contributed by atoms with Crippen molar-refractivity contribution in [2.24, 2.45) is 10.1 Å². The summed E-state index contributed by atoms with van der Waals surface area (Å²) in [5, 5.41) is 11.5. The third kappa shape index (κ3) is 5.59. The number of guanidine groups is 1. The molecular formula is C15H22N4O2S3. The average molecular weight is 387 g/mol. The van der Waals surface area contributed by atoms with Gasteiger partial charge in [-0.1, -0.05) is 6.92 Å². The molecule has 0 aliphatic carbocycles. The van der Waals surface area contributed by atoms with Crippen LogP contribution in [0.1, 0.15) is 28.5 Å². The molecule has 0 saturated heterocycles. The van der Waals surface area contributed by atoms with E-state index in [1.54, 1.807) is 17.4 Å². The molecule has 0 aromatic carbocycles. The van der Waals surface area contributed by atoms with E-state index in [1.807, 2.05) is 6.92 Å². The first-order valence-corrected chi connectivity index (χ1v) is 10.8. The maximum atomic E-state index is 11.3. The Kier molecular flexibility index (Phi) is 6.79. The molecule has 0 atom stereocenters. The van der Waals surface area contributed by atoms with E-state index in [9.17, 15) is 8.42 Å². The molecule has 4 N–H and O–H groups in total. The highest BCUT2D eigenvalue weighted by Gasteiger charge is 2.11. The summed E-state index contributed by atoms with van der Waals surface area (Å²) in [5.41, 5.74) is 0. The highest BCUT2D eigenvalue weighted by molar-refractivity contribution is 7.91. The van der Waals surface area contributed by atoms with Crippen molar-refractivity contribution in [2.75, 3.05) is 6.54 Å². The number of nitrogens with two attached hydrogens (primary N) is 1. The number of aliphatic imine (C=N–C) groups is 1.